The Kier molecular flexibility index (Phi) is 1.18. The Labute approximate surface area is 63.1 Å². The third kappa shape index (κ3) is 0.808. The van der Waals surface area contributed by atoms with Gasteiger partial charge in [-0.1, -0.05) is 0 Å². The zero-order chi connectivity index (χ0) is 7.84. The molecule has 11 heavy (non-hydrogen) atoms. The van der Waals surface area contributed by atoms with Crippen LogP contribution in [-0.4, -0.2) is 11.5 Å². The normalized spacial score (nSPS) is 14.5. The van der Waals surface area contributed by atoms with E-state index < -0.39 is 0 Å². The molecule has 1 aromatic rings. The number of rotatable bonds is 0. The van der Waals surface area contributed by atoms with Crippen LogP contribution in [-0.2, 0) is 0 Å². The van der Waals surface area contributed by atoms with Gasteiger partial charge in [-0.05, 0) is 18.6 Å². The summed E-state index contributed by atoms with van der Waals surface area (Å²) in [5.41, 5.74) is 1.09. The SMILES string of the molecule is CC1=c2cc[nH]c(=O)c2=NC1. The first-order valence-electron chi connectivity index (χ1n) is 3.51. The number of nitrogens with one attached hydrogen (secondary N) is 1. The molecule has 0 saturated heterocycles. The Morgan fingerprint density at radius 2 is 2.45 bits per heavy atom. The van der Waals surface area contributed by atoms with Crippen LogP contribution >= 0.6 is 0 Å². The van der Waals surface area contributed by atoms with Crippen molar-refractivity contribution in [3.05, 3.63) is 33.2 Å². The fourth-order valence-corrected chi connectivity index (χ4v) is 1.25. The van der Waals surface area contributed by atoms with E-state index >= 15 is 0 Å². The molecule has 0 aromatic carbocycles. The number of aromatic nitrogens is 1. The van der Waals surface area contributed by atoms with Crippen LogP contribution in [0.4, 0.5) is 0 Å². The van der Waals surface area contributed by atoms with Gasteiger partial charge in [-0.3, -0.25) is 9.79 Å². The van der Waals surface area contributed by atoms with Crippen molar-refractivity contribution in [1.29, 1.82) is 0 Å². The van der Waals surface area contributed by atoms with Crippen molar-refractivity contribution in [3.8, 4) is 0 Å². The van der Waals surface area contributed by atoms with E-state index in [0.29, 0.717) is 11.9 Å². The summed E-state index contributed by atoms with van der Waals surface area (Å²) in [5.74, 6) is 0. The molecule has 1 aromatic heterocycles. The molecule has 56 valence electrons. The predicted molar refractivity (Wildman–Crippen MR) is 41.8 cm³/mol. The molecule has 0 fully saturated rings. The van der Waals surface area contributed by atoms with Gasteiger partial charge in [-0.2, -0.15) is 0 Å². The highest BCUT2D eigenvalue weighted by atomic mass is 16.1. The molecule has 3 nitrogen and oxygen atoms in total. The van der Waals surface area contributed by atoms with Gasteiger partial charge in [0.1, 0.15) is 5.36 Å². The van der Waals surface area contributed by atoms with Crippen LogP contribution in [0.15, 0.2) is 22.1 Å². The molecule has 2 rings (SSSR count). The largest absolute Gasteiger partial charge is 0.327 e. The molecule has 3 heteroatoms. The number of hydrogen-bond donors (Lipinski definition) is 1. The summed E-state index contributed by atoms with van der Waals surface area (Å²) in [7, 11) is 0. The number of fused-ring (bicyclic) bond motifs is 1. The Hall–Kier alpha value is -1.38. The van der Waals surface area contributed by atoms with E-state index in [1.54, 1.807) is 6.20 Å². The average molecular weight is 148 g/mol. The lowest BCUT2D eigenvalue weighted by atomic mass is 10.2. The minimum atomic E-state index is -0.0839. The maximum absolute atomic E-state index is 11.1. The van der Waals surface area contributed by atoms with Crippen molar-refractivity contribution in [2.75, 3.05) is 6.54 Å². The summed E-state index contributed by atoms with van der Waals surface area (Å²) < 4.78 is 0. The summed E-state index contributed by atoms with van der Waals surface area (Å²) in [4.78, 5) is 17.8. The molecule has 0 aliphatic carbocycles. The fourth-order valence-electron chi connectivity index (χ4n) is 1.25. The quantitative estimate of drug-likeness (QED) is 0.513. The molecule has 0 amide bonds. The van der Waals surface area contributed by atoms with Gasteiger partial charge in [0.15, 0.2) is 0 Å². The van der Waals surface area contributed by atoms with Crippen molar-refractivity contribution in [3.63, 3.8) is 0 Å². The second-order valence-corrected chi connectivity index (χ2v) is 2.67. The monoisotopic (exact) mass is 148 g/mol. The predicted octanol–water partition coefficient (Wildman–Crippen LogP) is -0.821. The van der Waals surface area contributed by atoms with Crippen LogP contribution < -0.4 is 16.1 Å². The minimum absolute atomic E-state index is 0.0839. The molecule has 0 radical (unpaired) electrons. The third-order valence-corrected chi connectivity index (χ3v) is 1.87. The average Bonchev–Trinajstić information content (AvgIpc) is 2.35. The number of hydrogen-bond acceptors (Lipinski definition) is 2. The number of nitrogens with zero attached hydrogens (tertiary/aromatic N) is 1. The smallest absolute Gasteiger partial charge is 0.273 e. The lowest BCUT2D eigenvalue weighted by molar-refractivity contribution is 1.11. The van der Waals surface area contributed by atoms with Crippen molar-refractivity contribution in [1.82, 2.24) is 4.98 Å². The van der Waals surface area contributed by atoms with Crippen molar-refractivity contribution in [2.45, 2.75) is 6.92 Å². The summed E-state index contributed by atoms with van der Waals surface area (Å²) in [6.07, 6.45) is 1.66. The van der Waals surface area contributed by atoms with Gasteiger partial charge in [0.2, 0.25) is 0 Å². The first-order valence-corrected chi connectivity index (χ1v) is 3.51. The summed E-state index contributed by atoms with van der Waals surface area (Å²) >= 11 is 0. The maximum Gasteiger partial charge on any atom is 0.273 e. The molecular formula is C8H8N2O. The summed E-state index contributed by atoms with van der Waals surface area (Å²) in [5, 5.41) is 1.58. The van der Waals surface area contributed by atoms with E-state index in [4.69, 9.17) is 0 Å². The first-order chi connectivity index (χ1) is 5.29. The van der Waals surface area contributed by atoms with Gasteiger partial charge >= 0.3 is 0 Å². The molecule has 0 unspecified atom stereocenters. The number of pyridine rings is 1. The van der Waals surface area contributed by atoms with Gasteiger partial charge < -0.3 is 4.98 Å². The molecular weight excluding hydrogens is 140 g/mol. The maximum atomic E-state index is 11.1. The van der Waals surface area contributed by atoms with Gasteiger partial charge in [0, 0.05) is 11.4 Å². The van der Waals surface area contributed by atoms with Crippen molar-refractivity contribution in [2.24, 2.45) is 4.99 Å². The molecule has 0 bridgehead atoms. The van der Waals surface area contributed by atoms with E-state index in [0.717, 1.165) is 5.22 Å². The van der Waals surface area contributed by atoms with E-state index in [2.05, 4.69) is 9.98 Å². The standard InChI is InChI=1S/C8H8N2O/c1-5-4-10-7-6(5)2-3-9-8(7)11/h2-3H,4H2,1H3,(H,9,11). The van der Waals surface area contributed by atoms with Gasteiger partial charge in [0.05, 0.1) is 6.54 Å². The van der Waals surface area contributed by atoms with E-state index in [-0.39, 0.29) is 5.56 Å². The van der Waals surface area contributed by atoms with Crippen LogP contribution in [0, 0.1) is 0 Å². The molecule has 1 N–H and O–H groups in total. The highest BCUT2D eigenvalue weighted by Gasteiger charge is 2.02. The zero-order valence-electron chi connectivity index (χ0n) is 6.22. The fraction of sp³-hybridized carbons (Fsp3) is 0.250. The molecule has 1 aliphatic heterocycles. The molecule has 1 aliphatic rings. The Bertz CT molecular complexity index is 456. The van der Waals surface area contributed by atoms with E-state index in [1.165, 1.54) is 5.57 Å². The first kappa shape index (κ1) is 6.34. The van der Waals surface area contributed by atoms with Gasteiger partial charge in [0.25, 0.3) is 5.56 Å². The Morgan fingerprint density at radius 1 is 1.64 bits per heavy atom. The van der Waals surface area contributed by atoms with E-state index in [9.17, 15) is 4.79 Å². The molecule has 0 saturated carbocycles. The molecule has 2 heterocycles. The lowest BCUT2D eigenvalue weighted by Gasteiger charge is -1.84. The van der Waals surface area contributed by atoms with Gasteiger partial charge in [-0.15, -0.1) is 0 Å². The Balaban J connectivity index is 3.10. The van der Waals surface area contributed by atoms with Crippen LogP contribution in [0.25, 0.3) is 5.57 Å². The van der Waals surface area contributed by atoms with Crippen LogP contribution in [0.5, 0.6) is 0 Å². The van der Waals surface area contributed by atoms with Gasteiger partial charge in [-0.25, -0.2) is 0 Å². The van der Waals surface area contributed by atoms with Crippen molar-refractivity contribution >= 4 is 5.57 Å². The minimum Gasteiger partial charge on any atom is -0.327 e. The summed E-state index contributed by atoms with van der Waals surface area (Å²) in [6, 6.07) is 1.89. The second-order valence-electron chi connectivity index (χ2n) is 2.67. The Morgan fingerprint density at radius 3 is 3.18 bits per heavy atom. The zero-order valence-corrected chi connectivity index (χ0v) is 6.22. The summed E-state index contributed by atoms with van der Waals surface area (Å²) in [6.45, 7) is 2.66. The number of aromatic amines is 1. The third-order valence-electron chi connectivity index (χ3n) is 1.87. The topological polar surface area (TPSA) is 45.2 Å². The molecule has 0 spiro atoms. The second kappa shape index (κ2) is 2.05. The van der Waals surface area contributed by atoms with Crippen LogP contribution in [0.1, 0.15) is 6.92 Å². The van der Waals surface area contributed by atoms with E-state index in [1.807, 2.05) is 13.0 Å². The highest BCUT2D eigenvalue weighted by Crippen LogP contribution is 1.90. The number of H-pyrrole nitrogens is 1. The lowest BCUT2D eigenvalue weighted by Crippen LogP contribution is -2.38. The molecule has 0 atom stereocenters. The van der Waals surface area contributed by atoms with Crippen molar-refractivity contribution < 1.29 is 0 Å². The van der Waals surface area contributed by atoms with Crippen LogP contribution in [0.3, 0.4) is 0 Å². The highest BCUT2D eigenvalue weighted by molar-refractivity contribution is 5.45. The van der Waals surface area contributed by atoms with Crippen LogP contribution in [0.2, 0.25) is 0 Å².